The van der Waals surface area contributed by atoms with Crippen LogP contribution in [0.2, 0.25) is 0 Å². The van der Waals surface area contributed by atoms with Crippen LogP contribution in [0.15, 0.2) is 24.3 Å². The van der Waals surface area contributed by atoms with Gasteiger partial charge in [0.05, 0.1) is 5.38 Å². The minimum atomic E-state index is 0.163. The Kier molecular flexibility index (Phi) is 5.17. The second-order valence-corrected chi connectivity index (χ2v) is 4.73. The number of rotatable bonds is 5. The summed E-state index contributed by atoms with van der Waals surface area (Å²) in [5.74, 6) is 0.559. The average Bonchev–Trinajstić information content (AvgIpc) is 2.28. The van der Waals surface area contributed by atoms with E-state index in [-0.39, 0.29) is 5.38 Å². The maximum atomic E-state index is 6.43. The third-order valence-electron chi connectivity index (χ3n) is 2.95. The molecule has 1 rings (SSSR count). The third kappa shape index (κ3) is 3.53. The quantitative estimate of drug-likeness (QED) is 0.620. The highest BCUT2D eigenvalue weighted by Crippen LogP contribution is 2.31. The fourth-order valence-electron chi connectivity index (χ4n) is 1.87. The Morgan fingerprint density at radius 2 is 1.73 bits per heavy atom. The van der Waals surface area contributed by atoms with Gasteiger partial charge in [-0.25, -0.2) is 0 Å². The van der Waals surface area contributed by atoms with E-state index in [1.807, 2.05) is 0 Å². The van der Waals surface area contributed by atoms with Crippen molar-refractivity contribution in [3.63, 3.8) is 0 Å². The van der Waals surface area contributed by atoms with Crippen LogP contribution in [0.25, 0.3) is 0 Å². The molecule has 0 heterocycles. The summed E-state index contributed by atoms with van der Waals surface area (Å²) >= 11 is 6.43. The number of halogens is 1. The van der Waals surface area contributed by atoms with Gasteiger partial charge in [-0.3, -0.25) is 0 Å². The normalized spacial score (nSPS) is 14.9. The molecule has 0 N–H and O–H groups in total. The fraction of sp³-hybridized carbons (Fsp3) is 0.571. The first kappa shape index (κ1) is 12.6. The summed E-state index contributed by atoms with van der Waals surface area (Å²) in [4.78, 5) is 0. The zero-order valence-electron chi connectivity index (χ0n) is 9.96. The van der Waals surface area contributed by atoms with Gasteiger partial charge in [0.25, 0.3) is 0 Å². The van der Waals surface area contributed by atoms with Gasteiger partial charge in [-0.05, 0) is 29.9 Å². The van der Waals surface area contributed by atoms with Crippen molar-refractivity contribution < 1.29 is 0 Å². The van der Waals surface area contributed by atoms with Crippen LogP contribution in [-0.4, -0.2) is 0 Å². The Morgan fingerprint density at radius 1 is 1.13 bits per heavy atom. The second-order valence-electron chi connectivity index (χ2n) is 4.26. The molecule has 1 heteroatoms. The second kappa shape index (κ2) is 6.17. The van der Waals surface area contributed by atoms with Crippen molar-refractivity contribution in [2.45, 2.75) is 45.4 Å². The van der Waals surface area contributed by atoms with Crippen molar-refractivity contribution in [2.75, 3.05) is 0 Å². The highest BCUT2D eigenvalue weighted by Gasteiger charge is 2.15. The molecule has 0 amide bonds. The van der Waals surface area contributed by atoms with Crippen molar-refractivity contribution >= 4 is 11.6 Å². The van der Waals surface area contributed by atoms with Crippen LogP contribution in [0.4, 0.5) is 0 Å². The zero-order valence-corrected chi connectivity index (χ0v) is 10.7. The lowest BCUT2D eigenvalue weighted by atomic mass is 9.95. The molecule has 15 heavy (non-hydrogen) atoms. The predicted octanol–water partition coefficient (Wildman–Crippen LogP) is 4.97. The number of aryl methyl sites for hydroxylation is 1. The molecular formula is C14H21Cl. The Balaban J connectivity index is 2.69. The van der Waals surface area contributed by atoms with E-state index in [2.05, 4.69) is 45.0 Å². The standard InChI is InChI=1S/C14H21Cl/c1-4-6-11(3)14(15)13-9-7-12(5-2)8-10-13/h7-11,14H,4-6H2,1-3H3. The molecule has 84 valence electrons. The Bertz CT molecular complexity index is 276. The number of benzene rings is 1. The van der Waals surface area contributed by atoms with Gasteiger partial charge in [0.15, 0.2) is 0 Å². The number of hydrogen-bond donors (Lipinski definition) is 0. The predicted molar refractivity (Wildman–Crippen MR) is 68.5 cm³/mol. The highest BCUT2D eigenvalue weighted by molar-refractivity contribution is 6.20. The molecule has 0 saturated carbocycles. The molecule has 0 aliphatic rings. The molecule has 0 nitrogen and oxygen atoms in total. The van der Waals surface area contributed by atoms with Crippen LogP contribution in [0.3, 0.4) is 0 Å². The summed E-state index contributed by atoms with van der Waals surface area (Å²) in [5.41, 5.74) is 2.64. The molecule has 1 aromatic rings. The molecule has 0 aliphatic carbocycles. The van der Waals surface area contributed by atoms with Crippen molar-refractivity contribution in [3.05, 3.63) is 35.4 Å². The number of hydrogen-bond acceptors (Lipinski definition) is 0. The van der Waals surface area contributed by atoms with Gasteiger partial charge in [-0.2, -0.15) is 0 Å². The van der Waals surface area contributed by atoms with Gasteiger partial charge < -0.3 is 0 Å². The van der Waals surface area contributed by atoms with Crippen molar-refractivity contribution in [3.8, 4) is 0 Å². The van der Waals surface area contributed by atoms with Crippen LogP contribution in [0, 0.1) is 5.92 Å². The Hall–Kier alpha value is -0.490. The molecule has 0 aromatic heterocycles. The lowest BCUT2D eigenvalue weighted by Crippen LogP contribution is -2.03. The largest absolute Gasteiger partial charge is 0.118 e. The van der Waals surface area contributed by atoms with Crippen molar-refractivity contribution in [2.24, 2.45) is 5.92 Å². The average molecular weight is 225 g/mol. The zero-order chi connectivity index (χ0) is 11.3. The highest BCUT2D eigenvalue weighted by atomic mass is 35.5. The summed E-state index contributed by atoms with van der Waals surface area (Å²) in [6.07, 6.45) is 3.50. The van der Waals surface area contributed by atoms with Gasteiger partial charge in [0.2, 0.25) is 0 Å². The van der Waals surface area contributed by atoms with E-state index in [0.717, 1.165) is 6.42 Å². The van der Waals surface area contributed by atoms with Gasteiger partial charge in [0, 0.05) is 0 Å². The third-order valence-corrected chi connectivity index (χ3v) is 3.63. The van der Waals surface area contributed by atoms with Gasteiger partial charge in [-0.15, -0.1) is 11.6 Å². The topological polar surface area (TPSA) is 0 Å². The minimum absolute atomic E-state index is 0.163. The fourth-order valence-corrected chi connectivity index (χ4v) is 2.14. The van der Waals surface area contributed by atoms with E-state index in [1.54, 1.807) is 0 Å². The van der Waals surface area contributed by atoms with E-state index in [0.29, 0.717) is 5.92 Å². The molecule has 0 saturated heterocycles. The molecule has 0 fully saturated rings. The van der Waals surface area contributed by atoms with Crippen LogP contribution in [0.5, 0.6) is 0 Å². The first-order valence-corrected chi connectivity index (χ1v) is 6.35. The van der Waals surface area contributed by atoms with Gasteiger partial charge >= 0.3 is 0 Å². The van der Waals surface area contributed by atoms with E-state index >= 15 is 0 Å². The summed E-state index contributed by atoms with van der Waals surface area (Å²) in [7, 11) is 0. The molecule has 0 radical (unpaired) electrons. The van der Waals surface area contributed by atoms with E-state index in [1.165, 1.54) is 24.0 Å². The van der Waals surface area contributed by atoms with Gasteiger partial charge in [-0.1, -0.05) is 51.5 Å². The first-order valence-electron chi connectivity index (χ1n) is 5.91. The van der Waals surface area contributed by atoms with Crippen LogP contribution in [0.1, 0.15) is 50.1 Å². The SMILES string of the molecule is CCCC(C)C(Cl)c1ccc(CC)cc1. The molecular weight excluding hydrogens is 204 g/mol. The smallest absolute Gasteiger partial charge is 0.0610 e. The summed E-state index contributed by atoms with van der Waals surface area (Å²) < 4.78 is 0. The maximum Gasteiger partial charge on any atom is 0.0610 e. The van der Waals surface area contributed by atoms with Crippen molar-refractivity contribution in [1.82, 2.24) is 0 Å². The summed E-state index contributed by atoms with van der Waals surface area (Å²) in [6.45, 7) is 6.61. The van der Waals surface area contributed by atoms with E-state index in [9.17, 15) is 0 Å². The van der Waals surface area contributed by atoms with Crippen LogP contribution >= 0.6 is 11.6 Å². The summed E-state index contributed by atoms with van der Waals surface area (Å²) in [5, 5.41) is 0.163. The van der Waals surface area contributed by atoms with Crippen LogP contribution < -0.4 is 0 Å². The lowest BCUT2D eigenvalue weighted by Gasteiger charge is -2.17. The monoisotopic (exact) mass is 224 g/mol. The molecule has 1 aromatic carbocycles. The lowest BCUT2D eigenvalue weighted by molar-refractivity contribution is 0.507. The molecule has 2 unspecified atom stereocenters. The number of alkyl halides is 1. The van der Waals surface area contributed by atoms with E-state index < -0.39 is 0 Å². The van der Waals surface area contributed by atoms with Gasteiger partial charge in [0.1, 0.15) is 0 Å². The first-order chi connectivity index (χ1) is 7.19. The van der Waals surface area contributed by atoms with Crippen LogP contribution in [-0.2, 0) is 6.42 Å². The Labute approximate surface area is 98.7 Å². The van der Waals surface area contributed by atoms with Crippen molar-refractivity contribution in [1.29, 1.82) is 0 Å². The molecule has 0 aliphatic heterocycles. The minimum Gasteiger partial charge on any atom is -0.118 e. The molecule has 2 atom stereocenters. The molecule has 0 bridgehead atoms. The molecule has 0 spiro atoms. The maximum absolute atomic E-state index is 6.43. The van der Waals surface area contributed by atoms with E-state index in [4.69, 9.17) is 11.6 Å². The summed E-state index contributed by atoms with van der Waals surface area (Å²) in [6, 6.07) is 8.71. The Morgan fingerprint density at radius 3 is 2.20 bits per heavy atom.